The molecule has 5 N–H and O–H groups in total. The van der Waals surface area contributed by atoms with E-state index in [-0.39, 0.29) is 5.82 Å². The predicted octanol–water partition coefficient (Wildman–Crippen LogP) is -1.98. The summed E-state index contributed by atoms with van der Waals surface area (Å²) >= 11 is 0. The van der Waals surface area contributed by atoms with Gasteiger partial charge in [-0.3, -0.25) is 4.57 Å². The van der Waals surface area contributed by atoms with Gasteiger partial charge in [-0.1, -0.05) is 5.92 Å². The molecular weight excluding hydrogens is 278 g/mol. The Hall–Kier alpha value is -2.25. The molecule has 9 nitrogen and oxygen atoms in total. The van der Waals surface area contributed by atoms with Crippen LogP contribution in [0.15, 0.2) is 12.7 Å². The molecule has 9 heteroatoms. The van der Waals surface area contributed by atoms with Crippen LogP contribution in [0.25, 0.3) is 11.2 Å². The minimum Gasteiger partial charge on any atom is -0.394 e. The van der Waals surface area contributed by atoms with E-state index in [1.165, 1.54) is 17.2 Å². The highest BCUT2D eigenvalue weighted by molar-refractivity contribution is 5.81. The van der Waals surface area contributed by atoms with Gasteiger partial charge < -0.3 is 25.8 Å². The predicted molar refractivity (Wildman–Crippen MR) is 70.5 cm³/mol. The first kappa shape index (κ1) is 13.7. The molecule has 3 heterocycles. The maximum Gasteiger partial charge on any atom is 0.199 e. The second kappa shape index (κ2) is 4.64. The van der Waals surface area contributed by atoms with Gasteiger partial charge >= 0.3 is 0 Å². The second-order valence-electron chi connectivity index (χ2n) is 4.71. The highest BCUT2D eigenvalue weighted by Gasteiger charge is 2.55. The molecule has 0 bridgehead atoms. The summed E-state index contributed by atoms with van der Waals surface area (Å²) in [6.07, 6.45) is 4.27. The first-order chi connectivity index (χ1) is 10.0. The number of nitrogens with two attached hydrogens (primary N) is 1. The molecule has 4 atom stereocenters. The Balaban J connectivity index is 2.14. The third-order valence-electron chi connectivity index (χ3n) is 3.53. The van der Waals surface area contributed by atoms with E-state index >= 15 is 0 Å². The molecule has 110 valence electrons. The van der Waals surface area contributed by atoms with Crippen molar-refractivity contribution in [1.29, 1.82) is 0 Å². The smallest absolute Gasteiger partial charge is 0.199 e. The number of rotatable bonds is 2. The van der Waals surface area contributed by atoms with Gasteiger partial charge in [0.15, 0.2) is 23.3 Å². The molecule has 0 saturated carbocycles. The van der Waals surface area contributed by atoms with Crippen molar-refractivity contribution in [1.82, 2.24) is 19.5 Å². The van der Waals surface area contributed by atoms with Gasteiger partial charge in [-0.25, -0.2) is 15.0 Å². The van der Waals surface area contributed by atoms with Gasteiger partial charge in [-0.15, -0.1) is 6.42 Å². The first-order valence-electron chi connectivity index (χ1n) is 6.10. The summed E-state index contributed by atoms with van der Waals surface area (Å²) in [4.78, 5) is 11.9. The fourth-order valence-corrected chi connectivity index (χ4v) is 2.39. The van der Waals surface area contributed by atoms with E-state index in [4.69, 9.17) is 16.9 Å². The molecule has 0 aliphatic carbocycles. The number of ether oxygens (including phenoxy) is 1. The number of nitrogens with zero attached hydrogens (tertiary/aromatic N) is 4. The summed E-state index contributed by atoms with van der Waals surface area (Å²) < 4.78 is 6.80. The molecule has 1 saturated heterocycles. The van der Waals surface area contributed by atoms with E-state index in [0.29, 0.717) is 11.2 Å². The molecule has 0 radical (unpaired) electrons. The molecular formula is C12H13N5O4. The van der Waals surface area contributed by atoms with Crippen LogP contribution in [0.1, 0.15) is 6.23 Å². The van der Waals surface area contributed by atoms with E-state index < -0.39 is 30.6 Å². The Labute approximate surface area is 119 Å². The Morgan fingerprint density at radius 1 is 1.48 bits per heavy atom. The summed E-state index contributed by atoms with van der Waals surface area (Å²) in [6.45, 7) is -0.495. The van der Waals surface area contributed by atoms with Crippen LogP contribution in [0.3, 0.4) is 0 Å². The molecule has 1 aliphatic heterocycles. The number of aliphatic hydroxyl groups excluding tert-OH is 2. The Morgan fingerprint density at radius 2 is 2.24 bits per heavy atom. The number of terminal acetylenes is 1. The number of hydrogen-bond acceptors (Lipinski definition) is 8. The van der Waals surface area contributed by atoms with E-state index in [0.717, 1.165) is 0 Å². The fraction of sp³-hybridized carbons (Fsp3) is 0.417. The van der Waals surface area contributed by atoms with Gasteiger partial charge in [-0.05, 0) is 0 Å². The highest BCUT2D eigenvalue weighted by Crippen LogP contribution is 2.39. The minimum absolute atomic E-state index is 0.167. The lowest BCUT2D eigenvalue weighted by Crippen LogP contribution is -2.45. The first-order valence-corrected chi connectivity index (χ1v) is 6.10. The molecule has 1 fully saturated rings. The second-order valence-corrected chi connectivity index (χ2v) is 4.71. The van der Waals surface area contributed by atoms with E-state index in [2.05, 4.69) is 20.9 Å². The van der Waals surface area contributed by atoms with Crippen molar-refractivity contribution in [2.45, 2.75) is 24.0 Å². The van der Waals surface area contributed by atoms with Crippen LogP contribution in [0.2, 0.25) is 0 Å². The topological polar surface area (TPSA) is 140 Å². The van der Waals surface area contributed by atoms with Crippen molar-refractivity contribution in [2.24, 2.45) is 0 Å². The molecule has 3 unspecified atom stereocenters. The zero-order valence-electron chi connectivity index (χ0n) is 10.8. The number of fused-ring (bicyclic) bond motifs is 1. The maximum atomic E-state index is 10.5. The highest BCUT2D eigenvalue weighted by atomic mass is 16.6. The summed E-state index contributed by atoms with van der Waals surface area (Å²) in [5.41, 5.74) is 4.28. The number of aliphatic hydroxyl groups is 3. The maximum absolute atomic E-state index is 10.5. The third kappa shape index (κ3) is 1.78. The van der Waals surface area contributed by atoms with Crippen LogP contribution in [-0.2, 0) is 4.74 Å². The molecule has 2 aromatic rings. The van der Waals surface area contributed by atoms with Gasteiger partial charge in [-0.2, -0.15) is 0 Å². The van der Waals surface area contributed by atoms with Crippen molar-refractivity contribution < 1.29 is 20.1 Å². The number of nitrogen functional groups attached to an aromatic ring is 1. The lowest BCUT2D eigenvalue weighted by atomic mass is 9.95. The van der Waals surface area contributed by atoms with Crippen LogP contribution in [0.4, 0.5) is 5.82 Å². The number of anilines is 1. The van der Waals surface area contributed by atoms with Crippen molar-refractivity contribution in [2.75, 3.05) is 12.3 Å². The standard InChI is InChI=1S/C12H13N5O4/c1-2-12(20)8(19)6(3-18)21-11(12)17-5-16-7-9(13)14-4-15-10(7)17/h1,4-6,8,11,18-20H,3H2,(H2,13,14,15)/t6?,8?,11?,12-/m1/s1. The van der Waals surface area contributed by atoms with Gasteiger partial charge in [0.2, 0.25) is 0 Å². The lowest BCUT2D eigenvalue weighted by molar-refractivity contribution is -0.0721. The molecule has 0 amide bonds. The Morgan fingerprint density at radius 3 is 2.90 bits per heavy atom. The van der Waals surface area contributed by atoms with E-state index in [1.807, 2.05) is 0 Å². The summed E-state index contributed by atoms with van der Waals surface area (Å²) in [5, 5.41) is 29.7. The van der Waals surface area contributed by atoms with Gasteiger partial charge in [0, 0.05) is 0 Å². The average molecular weight is 291 g/mol. The number of aromatic nitrogens is 4. The Kier molecular flexibility index (Phi) is 3.03. The molecule has 21 heavy (non-hydrogen) atoms. The fourth-order valence-electron chi connectivity index (χ4n) is 2.39. The molecule has 3 rings (SSSR count). The van der Waals surface area contributed by atoms with Crippen LogP contribution < -0.4 is 5.73 Å². The normalized spacial score (nSPS) is 32.4. The molecule has 0 spiro atoms. The van der Waals surface area contributed by atoms with Gasteiger partial charge in [0.25, 0.3) is 0 Å². The zero-order valence-corrected chi connectivity index (χ0v) is 10.8. The lowest BCUT2D eigenvalue weighted by Gasteiger charge is -2.26. The van der Waals surface area contributed by atoms with Gasteiger partial charge in [0.1, 0.15) is 24.1 Å². The summed E-state index contributed by atoms with van der Waals surface area (Å²) in [6, 6.07) is 0. The van der Waals surface area contributed by atoms with Crippen LogP contribution in [-0.4, -0.2) is 59.3 Å². The van der Waals surface area contributed by atoms with Crippen LogP contribution >= 0.6 is 0 Å². The molecule has 2 aromatic heterocycles. The van der Waals surface area contributed by atoms with Crippen LogP contribution in [0.5, 0.6) is 0 Å². The zero-order chi connectivity index (χ0) is 15.2. The van der Waals surface area contributed by atoms with Gasteiger partial charge in [0.05, 0.1) is 12.9 Å². The molecule has 0 aromatic carbocycles. The monoisotopic (exact) mass is 291 g/mol. The Bertz CT molecular complexity index is 726. The van der Waals surface area contributed by atoms with E-state index in [1.54, 1.807) is 0 Å². The third-order valence-corrected chi connectivity index (χ3v) is 3.53. The molecule has 1 aliphatic rings. The largest absolute Gasteiger partial charge is 0.394 e. The number of hydrogen-bond donors (Lipinski definition) is 4. The van der Waals surface area contributed by atoms with Crippen molar-refractivity contribution in [3.05, 3.63) is 12.7 Å². The van der Waals surface area contributed by atoms with E-state index in [9.17, 15) is 15.3 Å². The van der Waals surface area contributed by atoms with Crippen molar-refractivity contribution >= 4 is 17.0 Å². The SMILES string of the molecule is C#C[C@@]1(O)C(O)C(CO)OC1n1cnc2c(N)ncnc21. The van der Waals surface area contributed by atoms with Crippen molar-refractivity contribution in [3.8, 4) is 12.3 Å². The van der Waals surface area contributed by atoms with Crippen LogP contribution in [0, 0.1) is 12.3 Å². The summed E-state index contributed by atoms with van der Waals surface area (Å²) in [7, 11) is 0. The quantitative estimate of drug-likeness (QED) is 0.467. The summed E-state index contributed by atoms with van der Waals surface area (Å²) in [5.74, 6) is 2.29. The van der Waals surface area contributed by atoms with Crippen molar-refractivity contribution in [3.63, 3.8) is 0 Å². The minimum atomic E-state index is -2.03. The average Bonchev–Trinajstić information content (AvgIpc) is 3.01. The number of imidazole rings is 1.